The average Bonchev–Trinajstić information content (AvgIpc) is 2.83. The highest BCUT2D eigenvalue weighted by Crippen LogP contribution is 2.39. The number of carboxylic acid groups (broad SMARTS) is 1. The topological polar surface area (TPSA) is 107 Å². The highest BCUT2D eigenvalue weighted by Gasteiger charge is 2.43. The van der Waals surface area contributed by atoms with Gasteiger partial charge >= 0.3 is 12.0 Å². The number of aromatic amines is 1. The standard InChI is InChI=1S/C13H20N4O3S/c1-8(7-21-2)15-12(20)17-13(4-3-5-13)11-14-6-9(16-11)10(18)19/h6,8H,3-5,7H2,1-2H3,(H,14,16)(H,18,19)(H2,15,17,20). The van der Waals surface area contributed by atoms with E-state index in [2.05, 4.69) is 20.6 Å². The molecule has 2 rings (SSSR count). The summed E-state index contributed by atoms with van der Waals surface area (Å²) in [6.07, 6.45) is 5.75. The molecule has 1 fully saturated rings. The summed E-state index contributed by atoms with van der Waals surface area (Å²) < 4.78 is 0. The molecule has 1 aromatic heterocycles. The second-order valence-corrected chi connectivity index (χ2v) is 6.25. The smallest absolute Gasteiger partial charge is 0.353 e. The summed E-state index contributed by atoms with van der Waals surface area (Å²) in [5.41, 5.74) is -0.536. The molecule has 21 heavy (non-hydrogen) atoms. The van der Waals surface area contributed by atoms with Crippen LogP contribution >= 0.6 is 11.8 Å². The number of aromatic carboxylic acids is 1. The Morgan fingerprint density at radius 2 is 2.29 bits per heavy atom. The van der Waals surface area contributed by atoms with Crippen LogP contribution in [0.25, 0.3) is 0 Å². The third kappa shape index (κ3) is 3.49. The summed E-state index contributed by atoms with van der Waals surface area (Å²) in [7, 11) is 0. The number of aromatic nitrogens is 2. The molecule has 0 radical (unpaired) electrons. The SMILES string of the molecule is CSCC(C)NC(=O)NC1(c2ncc(C(=O)O)[nH]2)CCC1. The fraction of sp³-hybridized carbons (Fsp3) is 0.615. The van der Waals surface area contributed by atoms with Gasteiger partial charge in [0.2, 0.25) is 0 Å². The normalized spacial score (nSPS) is 17.6. The summed E-state index contributed by atoms with van der Waals surface area (Å²) >= 11 is 1.67. The fourth-order valence-electron chi connectivity index (χ4n) is 2.39. The maximum absolute atomic E-state index is 12.1. The number of thioether (sulfide) groups is 1. The maximum Gasteiger partial charge on any atom is 0.353 e. The zero-order valence-electron chi connectivity index (χ0n) is 12.1. The Labute approximate surface area is 127 Å². The van der Waals surface area contributed by atoms with Crippen LogP contribution in [0.1, 0.15) is 42.5 Å². The predicted molar refractivity (Wildman–Crippen MR) is 80.6 cm³/mol. The van der Waals surface area contributed by atoms with E-state index >= 15 is 0 Å². The molecule has 8 heteroatoms. The second-order valence-electron chi connectivity index (χ2n) is 5.34. The zero-order chi connectivity index (χ0) is 15.5. The van der Waals surface area contributed by atoms with E-state index in [-0.39, 0.29) is 17.8 Å². The van der Waals surface area contributed by atoms with Gasteiger partial charge in [0.1, 0.15) is 11.5 Å². The Morgan fingerprint density at radius 3 is 2.76 bits per heavy atom. The molecule has 0 aromatic carbocycles. The number of carbonyl (C=O) groups is 2. The maximum atomic E-state index is 12.1. The van der Waals surface area contributed by atoms with Gasteiger partial charge in [-0.25, -0.2) is 14.6 Å². The highest BCUT2D eigenvalue weighted by molar-refractivity contribution is 7.98. The van der Waals surface area contributed by atoms with Crippen molar-refractivity contribution < 1.29 is 14.7 Å². The molecule has 4 N–H and O–H groups in total. The quantitative estimate of drug-likeness (QED) is 0.637. The van der Waals surface area contributed by atoms with Crippen molar-refractivity contribution in [3.63, 3.8) is 0 Å². The van der Waals surface area contributed by atoms with E-state index in [0.717, 1.165) is 25.0 Å². The van der Waals surface area contributed by atoms with Crippen molar-refractivity contribution in [3.8, 4) is 0 Å². The number of amides is 2. The molecule has 1 saturated carbocycles. The second kappa shape index (κ2) is 6.38. The van der Waals surface area contributed by atoms with Crippen LogP contribution < -0.4 is 10.6 Å². The lowest BCUT2D eigenvalue weighted by molar-refractivity contribution is 0.0690. The first-order chi connectivity index (χ1) is 9.97. The fourth-order valence-corrected chi connectivity index (χ4v) is 2.98. The number of hydrogen-bond acceptors (Lipinski definition) is 4. The van der Waals surface area contributed by atoms with Gasteiger partial charge in [0.25, 0.3) is 0 Å². The number of H-pyrrole nitrogens is 1. The Morgan fingerprint density at radius 1 is 1.57 bits per heavy atom. The van der Waals surface area contributed by atoms with Crippen molar-refractivity contribution in [3.05, 3.63) is 17.7 Å². The molecule has 1 aliphatic carbocycles. The lowest BCUT2D eigenvalue weighted by atomic mass is 9.76. The number of carboxylic acids is 1. The molecular formula is C13H20N4O3S. The predicted octanol–water partition coefficient (Wildman–Crippen LogP) is 1.54. The lowest BCUT2D eigenvalue weighted by Gasteiger charge is -2.40. The van der Waals surface area contributed by atoms with E-state index in [1.165, 1.54) is 6.20 Å². The van der Waals surface area contributed by atoms with Gasteiger partial charge in [0.15, 0.2) is 0 Å². The van der Waals surface area contributed by atoms with Crippen LogP contribution in [-0.4, -0.2) is 45.1 Å². The number of imidazole rings is 1. The van der Waals surface area contributed by atoms with Crippen molar-refractivity contribution >= 4 is 23.8 Å². The number of rotatable bonds is 6. The summed E-state index contributed by atoms with van der Waals surface area (Å²) in [5, 5.41) is 14.8. The highest BCUT2D eigenvalue weighted by atomic mass is 32.2. The molecule has 0 saturated heterocycles. The van der Waals surface area contributed by atoms with Gasteiger partial charge < -0.3 is 20.7 Å². The first kappa shape index (κ1) is 15.7. The van der Waals surface area contributed by atoms with Gasteiger partial charge in [-0.3, -0.25) is 0 Å². The van der Waals surface area contributed by atoms with Crippen molar-refractivity contribution in [2.75, 3.05) is 12.0 Å². The number of nitrogens with zero attached hydrogens (tertiary/aromatic N) is 1. The van der Waals surface area contributed by atoms with Crippen molar-refractivity contribution in [1.82, 2.24) is 20.6 Å². The Kier molecular flexibility index (Phi) is 4.76. The Hall–Kier alpha value is -1.70. The number of nitrogens with one attached hydrogen (secondary N) is 3. The molecule has 1 aromatic rings. The number of urea groups is 1. The van der Waals surface area contributed by atoms with Crippen molar-refractivity contribution in [2.45, 2.75) is 37.8 Å². The third-order valence-corrected chi connectivity index (χ3v) is 4.45. The zero-order valence-corrected chi connectivity index (χ0v) is 12.9. The van der Waals surface area contributed by atoms with Crippen molar-refractivity contribution in [2.24, 2.45) is 0 Å². The van der Waals surface area contributed by atoms with Crippen LogP contribution in [0.5, 0.6) is 0 Å². The van der Waals surface area contributed by atoms with Gasteiger partial charge in [0.05, 0.1) is 11.7 Å². The molecule has 0 bridgehead atoms. The van der Waals surface area contributed by atoms with Crippen LogP contribution in [0.4, 0.5) is 4.79 Å². The van der Waals surface area contributed by atoms with Crippen LogP contribution in [0, 0.1) is 0 Å². The van der Waals surface area contributed by atoms with E-state index in [0.29, 0.717) is 5.82 Å². The summed E-state index contributed by atoms with van der Waals surface area (Å²) in [6, 6.07) is -0.173. The van der Waals surface area contributed by atoms with E-state index in [1.807, 2.05) is 13.2 Å². The van der Waals surface area contributed by atoms with Gasteiger partial charge in [-0.2, -0.15) is 11.8 Å². The lowest BCUT2D eigenvalue weighted by Crippen LogP contribution is -2.56. The van der Waals surface area contributed by atoms with Crippen LogP contribution in [0.15, 0.2) is 6.20 Å². The van der Waals surface area contributed by atoms with Crippen molar-refractivity contribution in [1.29, 1.82) is 0 Å². The van der Waals surface area contributed by atoms with Crippen LogP contribution in [0.3, 0.4) is 0 Å². The Balaban J connectivity index is 2.04. The molecule has 1 heterocycles. The minimum Gasteiger partial charge on any atom is -0.477 e. The molecule has 1 atom stereocenters. The van der Waals surface area contributed by atoms with Gasteiger partial charge in [-0.1, -0.05) is 0 Å². The Bertz CT molecular complexity index is 527. The molecule has 1 aliphatic rings. The monoisotopic (exact) mass is 312 g/mol. The molecule has 1 unspecified atom stereocenters. The van der Waals surface area contributed by atoms with Gasteiger partial charge in [-0.05, 0) is 32.4 Å². The summed E-state index contributed by atoms with van der Waals surface area (Å²) in [5.74, 6) is 0.296. The largest absolute Gasteiger partial charge is 0.477 e. The first-order valence-electron chi connectivity index (χ1n) is 6.83. The van der Waals surface area contributed by atoms with Crippen LogP contribution in [-0.2, 0) is 5.54 Å². The molecule has 116 valence electrons. The minimum absolute atomic E-state index is 0.0363. The molecule has 2 amide bonds. The van der Waals surface area contributed by atoms with Gasteiger partial charge in [0, 0.05) is 11.8 Å². The van der Waals surface area contributed by atoms with Gasteiger partial charge in [-0.15, -0.1) is 0 Å². The molecule has 0 aliphatic heterocycles. The minimum atomic E-state index is -1.05. The van der Waals surface area contributed by atoms with E-state index in [9.17, 15) is 9.59 Å². The molecule has 0 spiro atoms. The summed E-state index contributed by atoms with van der Waals surface area (Å²) in [6.45, 7) is 1.94. The molecule has 7 nitrogen and oxygen atoms in total. The summed E-state index contributed by atoms with van der Waals surface area (Å²) in [4.78, 5) is 29.9. The number of carbonyl (C=O) groups excluding carboxylic acids is 1. The van der Waals surface area contributed by atoms with E-state index in [1.54, 1.807) is 11.8 Å². The van der Waals surface area contributed by atoms with Crippen LogP contribution in [0.2, 0.25) is 0 Å². The van der Waals surface area contributed by atoms with E-state index < -0.39 is 11.5 Å². The first-order valence-corrected chi connectivity index (χ1v) is 8.22. The number of hydrogen-bond donors (Lipinski definition) is 4. The third-order valence-electron chi connectivity index (χ3n) is 3.61. The average molecular weight is 312 g/mol. The molecular weight excluding hydrogens is 292 g/mol. The van der Waals surface area contributed by atoms with E-state index in [4.69, 9.17) is 5.11 Å².